The van der Waals surface area contributed by atoms with Crippen molar-refractivity contribution in [3.05, 3.63) is 47.0 Å². The molecular weight excluding hydrogens is 380 g/mol. The van der Waals surface area contributed by atoms with Gasteiger partial charge in [0, 0.05) is 30.2 Å². The van der Waals surface area contributed by atoms with Crippen molar-refractivity contribution in [2.75, 3.05) is 23.3 Å². The van der Waals surface area contributed by atoms with Crippen LogP contribution in [-0.2, 0) is 4.79 Å². The van der Waals surface area contributed by atoms with E-state index in [1.54, 1.807) is 4.68 Å². The fraction of sp³-hybridized carbons (Fsp3) is 0.429. The predicted octanol–water partition coefficient (Wildman–Crippen LogP) is 2.54. The topological polar surface area (TPSA) is 102 Å². The highest BCUT2D eigenvalue weighted by Crippen LogP contribution is 2.23. The van der Waals surface area contributed by atoms with Crippen LogP contribution in [0.3, 0.4) is 0 Å². The van der Waals surface area contributed by atoms with Gasteiger partial charge in [0.15, 0.2) is 11.6 Å². The van der Waals surface area contributed by atoms with Crippen molar-refractivity contribution in [3.63, 3.8) is 0 Å². The zero-order valence-electron chi connectivity index (χ0n) is 17.8. The minimum Gasteiger partial charge on any atom is -0.354 e. The quantitative estimate of drug-likeness (QED) is 0.710. The van der Waals surface area contributed by atoms with Crippen molar-refractivity contribution < 1.29 is 4.79 Å². The number of carbonyl (C=O) groups is 1. The normalized spacial score (nSPS) is 16.5. The number of hydrogen-bond acceptors (Lipinski definition) is 7. The van der Waals surface area contributed by atoms with E-state index in [0.717, 1.165) is 48.0 Å². The molecule has 1 aliphatic heterocycles. The maximum atomic E-state index is 12.8. The Morgan fingerprint density at radius 3 is 2.33 bits per heavy atom. The van der Waals surface area contributed by atoms with E-state index in [0.29, 0.717) is 18.3 Å². The number of hydrogen-bond donors (Lipinski definition) is 1. The van der Waals surface area contributed by atoms with Gasteiger partial charge < -0.3 is 4.90 Å². The molecule has 0 aromatic carbocycles. The largest absolute Gasteiger partial charge is 0.354 e. The maximum Gasteiger partial charge on any atom is 0.231 e. The first-order valence-corrected chi connectivity index (χ1v) is 10.1. The average Bonchev–Trinajstić information content (AvgIpc) is 3.05. The van der Waals surface area contributed by atoms with Crippen LogP contribution in [0.5, 0.6) is 0 Å². The molecular formula is C21H26N8O. The predicted molar refractivity (Wildman–Crippen MR) is 114 cm³/mol. The van der Waals surface area contributed by atoms with Gasteiger partial charge in [-0.05, 0) is 64.8 Å². The van der Waals surface area contributed by atoms with Crippen molar-refractivity contribution in [1.29, 1.82) is 0 Å². The second-order valence-corrected chi connectivity index (χ2v) is 7.84. The van der Waals surface area contributed by atoms with Gasteiger partial charge >= 0.3 is 0 Å². The smallest absolute Gasteiger partial charge is 0.231 e. The number of piperidine rings is 1. The lowest BCUT2D eigenvalue weighted by Gasteiger charge is -2.32. The van der Waals surface area contributed by atoms with Gasteiger partial charge in [0.1, 0.15) is 0 Å². The van der Waals surface area contributed by atoms with E-state index >= 15 is 0 Å². The first-order chi connectivity index (χ1) is 14.4. The SMILES string of the molecule is Cc1cc(C)nc(NC(=O)C2CCCN(c3ccc(-n4nc(C)cc4C)nn3)C2)n1. The summed E-state index contributed by atoms with van der Waals surface area (Å²) in [6.45, 7) is 9.15. The van der Waals surface area contributed by atoms with Gasteiger partial charge in [0.05, 0.1) is 11.6 Å². The number of aromatic nitrogens is 6. The van der Waals surface area contributed by atoms with E-state index in [4.69, 9.17) is 0 Å². The zero-order valence-corrected chi connectivity index (χ0v) is 17.8. The molecule has 3 aromatic heterocycles. The van der Waals surface area contributed by atoms with Crippen LogP contribution in [-0.4, -0.2) is 48.9 Å². The van der Waals surface area contributed by atoms with Crippen molar-refractivity contribution in [2.45, 2.75) is 40.5 Å². The summed E-state index contributed by atoms with van der Waals surface area (Å²) in [4.78, 5) is 23.5. The molecule has 9 nitrogen and oxygen atoms in total. The Labute approximate surface area is 175 Å². The van der Waals surface area contributed by atoms with Gasteiger partial charge in [-0.25, -0.2) is 14.6 Å². The van der Waals surface area contributed by atoms with Crippen molar-refractivity contribution >= 4 is 17.7 Å². The van der Waals surface area contributed by atoms with E-state index in [1.807, 2.05) is 52.0 Å². The van der Waals surface area contributed by atoms with E-state index in [2.05, 4.69) is 35.5 Å². The fourth-order valence-corrected chi connectivity index (χ4v) is 3.85. The molecule has 4 rings (SSSR count). The minimum absolute atomic E-state index is 0.0584. The molecule has 30 heavy (non-hydrogen) atoms. The van der Waals surface area contributed by atoms with Crippen molar-refractivity contribution in [1.82, 2.24) is 29.9 Å². The van der Waals surface area contributed by atoms with Crippen LogP contribution in [0.15, 0.2) is 24.3 Å². The number of aryl methyl sites for hydroxylation is 4. The highest BCUT2D eigenvalue weighted by atomic mass is 16.2. The molecule has 0 aliphatic carbocycles. The van der Waals surface area contributed by atoms with Crippen LogP contribution < -0.4 is 10.2 Å². The first kappa shape index (κ1) is 19.9. The summed E-state index contributed by atoms with van der Waals surface area (Å²) in [5.41, 5.74) is 3.62. The van der Waals surface area contributed by atoms with Crippen LogP contribution in [0.1, 0.15) is 35.6 Å². The zero-order chi connectivity index (χ0) is 21.3. The van der Waals surface area contributed by atoms with E-state index in [-0.39, 0.29) is 11.8 Å². The lowest BCUT2D eigenvalue weighted by molar-refractivity contribution is -0.120. The molecule has 156 valence electrons. The molecule has 1 aliphatic rings. The lowest BCUT2D eigenvalue weighted by atomic mass is 9.97. The van der Waals surface area contributed by atoms with Crippen LogP contribution in [0.25, 0.3) is 5.82 Å². The Kier molecular flexibility index (Phi) is 5.43. The Hall–Kier alpha value is -3.36. The van der Waals surface area contributed by atoms with Crippen LogP contribution >= 0.6 is 0 Å². The number of rotatable bonds is 4. The van der Waals surface area contributed by atoms with Crippen LogP contribution in [0.4, 0.5) is 11.8 Å². The molecule has 1 unspecified atom stereocenters. The molecule has 0 saturated carbocycles. The summed E-state index contributed by atoms with van der Waals surface area (Å²) < 4.78 is 1.78. The molecule has 1 fully saturated rings. The minimum atomic E-state index is -0.152. The lowest BCUT2D eigenvalue weighted by Crippen LogP contribution is -2.41. The molecule has 3 aromatic rings. The average molecular weight is 406 g/mol. The van der Waals surface area contributed by atoms with Gasteiger partial charge in [-0.15, -0.1) is 10.2 Å². The molecule has 4 heterocycles. The Bertz CT molecular complexity index is 1040. The number of nitrogens with one attached hydrogen (secondary N) is 1. The molecule has 0 radical (unpaired) electrons. The Balaban J connectivity index is 1.44. The third-order valence-electron chi connectivity index (χ3n) is 5.20. The van der Waals surface area contributed by atoms with Gasteiger partial charge in [-0.1, -0.05) is 0 Å². The number of amides is 1. The summed E-state index contributed by atoms with van der Waals surface area (Å²) in [6.07, 6.45) is 1.73. The molecule has 9 heteroatoms. The summed E-state index contributed by atoms with van der Waals surface area (Å²) >= 11 is 0. The van der Waals surface area contributed by atoms with Crippen molar-refractivity contribution in [2.24, 2.45) is 5.92 Å². The highest BCUT2D eigenvalue weighted by molar-refractivity contribution is 5.91. The van der Waals surface area contributed by atoms with E-state index in [9.17, 15) is 4.79 Å². The Morgan fingerprint density at radius 2 is 1.70 bits per heavy atom. The third kappa shape index (κ3) is 4.29. The summed E-state index contributed by atoms with van der Waals surface area (Å²) in [5, 5.41) is 16.0. The summed E-state index contributed by atoms with van der Waals surface area (Å²) in [7, 11) is 0. The monoisotopic (exact) mass is 406 g/mol. The summed E-state index contributed by atoms with van der Waals surface area (Å²) in [5.74, 6) is 1.60. The van der Waals surface area contributed by atoms with Crippen molar-refractivity contribution in [3.8, 4) is 5.82 Å². The van der Waals surface area contributed by atoms with E-state index in [1.165, 1.54) is 0 Å². The molecule has 1 atom stereocenters. The van der Waals surface area contributed by atoms with E-state index < -0.39 is 0 Å². The Morgan fingerprint density at radius 1 is 1.00 bits per heavy atom. The second-order valence-electron chi connectivity index (χ2n) is 7.84. The number of nitrogens with zero attached hydrogens (tertiary/aromatic N) is 7. The standard InChI is InChI=1S/C21H26N8O/c1-13-10-14(2)23-21(22-13)24-20(30)17-6-5-9-28(12-17)18-7-8-19(26-25-18)29-16(4)11-15(3)27-29/h7-8,10-11,17H,5-6,9,12H2,1-4H3,(H,22,23,24,30). The highest BCUT2D eigenvalue weighted by Gasteiger charge is 2.27. The maximum absolute atomic E-state index is 12.8. The molecule has 1 amide bonds. The third-order valence-corrected chi connectivity index (χ3v) is 5.20. The van der Waals surface area contributed by atoms with Gasteiger partial charge in [-0.2, -0.15) is 5.10 Å². The van der Waals surface area contributed by atoms with Crippen LogP contribution in [0.2, 0.25) is 0 Å². The van der Waals surface area contributed by atoms with Gasteiger partial charge in [0.2, 0.25) is 11.9 Å². The second kappa shape index (κ2) is 8.17. The molecule has 1 saturated heterocycles. The fourth-order valence-electron chi connectivity index (χ4n) is 3.85. The van der Waals surface area contributed by atoms with Crippen LogP contribution in [0, 0.1) is 33.6 Å². The first-order valence-electron chi connectivity index (χ1n) is 10.1. The summed E-state index contributed by atoms with van der Waals surface area (Å²) in [6, 6.07) is 7.73. The molecule has 0 spiro atoms. The number of anilines is 2. The van der Waals surface area contributed by atoms with Gasteiger partial charge in [-0.3, -0.25) is 10.1 Å². The number of carbonyl (C=O) groups excluding carboxylic acids is 1. The molecule has 0 bridgehead atoms. The van der Waals surface area contributed by atoms with Gasteiger partial charge in [0.25, 0.3) is 0 Å². The molecule has 1 N–H and O–H groups in total.